The summed E-state index contributed by atoms with van der Waals surface area (Å²) in [4.78, 5) is 17.7. The second-order valence-corrected chi connectivity index (χ2v) is 7.75. The maximum Gasteiger partial charge on any atom is 0.325 e. The molecule has 4 nitrogen and oxygen atoms in total. The zero-order chi connectivity index (χ0) is 19.8. The highest BCUT2D eigenvalue weighted by molar-refractivity contribution is 5.79. The lowest BCUT2D eigenvalue weighted by molar-refractivity contribution is -0.162. The predicted molar refractivity (Wildman–Crippen MR) is 112 cm³/mol. The average molecular weight is 384 g/mol. The maximum atomic E-state index is 13.1. The summed E-state index contributed by atoms with van der Waals surface area (Å²) in [6.45, 7) is 0.373. The average Bonchev–Trinajstić information content (AvgIpc) is 3.09. The summed E-state index contributed by atoms with van der Waals surface area (Å²) in [5.41, 5.74) is 3.50. The Morgan fingerprint density at radius 1 is 0.724 bits per heavy atom. The van der Waals surface area contributed by atoms with Crippen LogP contribution >= 0.6 is 0 Å². The predicted octanol–water partition coefficient (Wildman–Crippen LogP) is 4.34. The lowest BCUT2D eigenvalue weighted by Gasteiger charge is -2.40. The van der Waals surface area contributed by atoms with E-state index in [-0.39, 0.29) is 30.3 Å². The molecule has 2 saturated heterocycles. The lowest BCUT2D eigenvalue weighted by Crippen LogP contribution is -2.49. The van der Waals surface area contributed by atoms with Crippen LogP contribution in [0, 0.1) is 0 Å². The SMILES string of the molecule is CN1[C@H](c2ccccc2)[C@H]2C(=O)OC[C@H](c3ccccc3)N2[C@@H]1c1ccccc1. The van der Waals surface area contributed by atoms with Gasteiger partial charge in [-0.3, -0.25) is 14.6 Å². The Bertz CT molecular complexity index is 977. The molecule has 2 fully saturated rings. The Hall–Kier alpha value is -2.95. The van der Waals surface area contributed by atoms with E-state index in [9.17, 15) is 4.79 Å². The van der Waals surface area contributed by atoms with E-state index in [0.29, 0.717) is 6.61 Å². The largest absolute Gasteiger partial charge is 0.462 e. The second-order valence-electron chi connectivity index (χ2n) is 7.75. The number of ether oxygens (including phenoxy) is 1. The molecule has 0 spiro atoms. The highest BCUT2D eigenvalue weighted by atomic mass is 16.5. The topological polar surface area (TPSA) is 32.8 Å². The van der Waals surface area contributed by atoms with E-state index in [0.717, 1.165) is 5.56 Å². The number of carbonyl (C=O) groups is 1. The maximum absolute atomic E-state index is 13.1. The first kappa shape index (κ1) is 18.1. The molecule has 2 heterocycles. The molecule has 3 aromatic rings. The number of likely N-dealkylation sites (N-methyl/N-ethyl adjacent to an activating group) is 1. The van der Waals surface area contributed by atoms with Gasteiger partial charge >= 0.3 is 5.97 Å². The van der Waals surface area contributed by atoms with Gasteiger partial charge in [-0.1, -0.05) is 91.0 Å². The molecule has 2 aliphatic heterocycles. The van der Waals surface area contributed by atoms with Crippen LogP contribution < -0.4 is 0 Å². The minimum Gasteiger partial charge on any atom is -0.462 e. The van der Waals surface area contributed by atoms with Gasteiger partial charge in [0.25, 0.3) is 0 Å². The van der Waals surface area contributed by atoms with E-state index in [2.05, 4.69) is 65.4 Å². The summed E-state index contributed by atoms with van der Waals surface area (Å²) in [5.74, 6) is -0.142. The molecule has 0 amide bonds. The van der Waals surface area contributed by atoms with Crippen LogP contribution in [0.3, 0.4) is 0 Å². The molecule has 0 radical (unpaired) electrons. The van der Waals surface area contributed by atoms with Gasteiger partial charge in [0, 0.05) is 0 Å². The summed E-state index contributed by atoms with van der Waals surface area (Å²) >= 11 is 0. The number of fused-ring (bicyclic) bond motifs is 1. The van der Waals surface area contributed by atoms with Crippen molar-refractivity contribution in [1.82, 2.24) is 9.80 Å². The first-order valence-electron chi connectivity index (χ1n) is 10.1. The van der Waals surface area contributed by atoms with Gasteiger partial charge in [0.2, 0.25) is 0 Å². The summed E-state index contributed by atoms with van der Waals surface area (Å²) in [6.07, 6.45) is -0.00976. The van der Waals surface area contributed by atoms with Crippen LogP contribution in [0.1, 0.15) is 34.9 Å². The van der Waals surface area contributed by atoms with Crippen molar-refractivity contribution >= 4 is 5.97 Å². The molecule has 0 N–H and O–H groups in total. The number of carbonyl (C=O) groups excluding carboxylic acids is 1. The quantitative estimate of drug-likeness (QED) is 0.629. The first-order valence-corrected chi connectivity index (χ1v) is 10.1. The van der Waals surface area contributed by atoms with Crippen LogP contribution in [0.5, 0.6) is 0 Å². The number of morpholine rings is 1. The number of benzene rings is 3. The molecule has 0 bridgehead atoms. The van der Waals surface area contributed by atoms with Crippen molar-refractivity contribution in [3.05, 3.63) is 108 Å². The normalized spacial score (nSPS) is 27.4. The van der Waals surface area contributed by atoms with Gasteiger partial charge in [0.05, 0.1) is 18.2 Å². The molecular formula is C25H24N2O2. The highest BCUT2D eigenvalue weighted by Gasteiger charge is 2.55. The fourth-order valence-electron chi connectivity index (χ4n) is 4.89. The van der Waals surface area contributed by atoms with E-state index in [1.807, 2.05) is 42.5 Å². The summed E-state index contributed by atoms with van der Waals surface area (Å²) in [6, 6.07) is 30.7. The summed E-state index contributed by atoms with van der Waals surface area (Å²) in [7, 11) is 2.11. The van der Waals surface area contributed by atoms with Crippen molar-refractivity contribution in [3.8, 4) is 0 Å². The molecule has 3 aromatic carbocycles. The van der Waals surface area contributed by atoms with Gasteiger partial charge in [0.1, 0.15) is 12.6 Å². The molecule has 0 aliphatic carbocycles. The third-order valence-corrected chi connectivity index (χ3v) is 6.14. The Kier molecular flexibility index (Phi) is 4.66. The van der Waals surface area contributed by atoms with Crippen molar-refractivity contribution in [1.29, 1.82) is 0 Å². The minimum atomic E-state index is -0.355. The van der Waals surface area contributed by atoms with Gasteiger partial charge in [-0.05, 0) is 23.7 Å². The van der Waals surface area contributed by atoms with Crippen molar-refractivity contribution in [2.24, 2.45) is 0 Å². The van der Waals surface area contributed by atoms with Crippen LogP contribution in [-0.2, 0) is 9.53 Å². The molecular weight excluding hydrogens is 360 g/mol. The summed E-state index contributed by atoms with van der Waals surface area (Å²) in [5, 5.41) is 0. The molecule has 4 heteroatoms. The third-order valence-electron chi connectivity index (χ3n) is 6.14. The van der Waals surface area contributed by atoms with Gasteiger partial charge in [-0.2, -0.15) is 0 Å². The van der Waals surface area contributed by atoms with Crippen LogP contribution in [-0.4, -0.2) is 35.5 Å². The smallest absolute Gasteiger partial charge is 0.325 e. The van der Waals surface area contributed by atoms with E-state index in [1.165, 1.54) is 11.1 Å². The molecule has 4 atom stereocenters. The molecule has 2 aliphatic rings. The number of nitrogens with zero attached hydrogens (tertiary/aromatic N) is 2. The van der Waals surface area contributed by atoms with E-state index in [4.69, 9.17) is 4.74 Å². The molecule has 29 heavy (non-hydrogen) atoms. The van der Waals surface area contributed by atoms with E-state index < -0.39 is 0 Å². The van der Waals surface area contributed by atoms with Crippen molar-refractivity contribution in [3.63, 3.8) is 0 Å². The van der Waals surface area contributed by atoms with Gasteiger partial charge in [-0.15, -0.1) is 0 Å². The van der Waals surface area contributed by atoms with Crippen molar-refractivity contribution in [2.45, 2.75) is 24.3 Å². The van der Waals surface area contributed by atoms with Crippen LogP contribution in [0.4, 0.5) is 0 Å². The zero-order valence-electron chi connectivity index (χ0n) is 16.4. The fourth-order valence-corrected chi connectivity index (χ4v) is 4.89. The number of rotatable bonds is 3. The fraction of sp³-hybridized carbons (Fsp3) is 0.240. The highest BCUT2D eigenvalue weighted by Crippen LogP contribution is 2.50. The number of cyclic esters (lactones) is 1. The molecule has 5 rings (SSSR count). The Balaban J connectivity index is 1.66. The van der Waals surface area contributed by atoms with Crippen molar-refractivity contribution < 1.29 is 9.53 Å². The Labute approximate surface area is 171 Å². The first-order chi connectivity index (χ1) is 14.3. The van der Waals surface area contributed by atoms with Crippen LogP contribution in [0.15, 0.2) is 91.0 Å². The number of hydrogen-bond donors (Lipinski definition) is 0. The Morgan fingerprint density at radius 3 is 1.83 bits per heavy atom. The molecule has 0 aromatic heterocycles. The van der Waals surface area contributed by atoms with E-state index in [1.54, 1.807) is 0 Å². The van der Waals surface area contributed by atoms with Gasteiger partial charge in [-0.25, -0.2) is 0 Å². The third kappa shape index (κ3) is 3.05. The van der Waals surface area contributed by atoms with Gasteiger partial charge < -0.3 is 4.74 Å². The lowest BCUT2D eigenvalue weighted by atomic mass is 9.95. The zero-order valence-corrected chi connectivity index (χ0v) is 16.4. The molecule has 0 saturated carbocycles. The van der Waals surface area contributed by atoms with Crippen LogP contribution in [0.2, 0.25) is 0 Å². The Morgan fingerprint density at radius 2 is 1.24 bits per heavy atom. The van der Waals surface area contributed by atoms with Gasteiger partial charge in [0.15, 0.2) is 0 Å². The standard InChI is InChI=1S/C25H24N2O2/c1-26-22(19-13-7-3-8-14-19)23-25(28)29-17-21(18-11-5-2-6-12-18)27(23)24(26)20-15-9-4-10-16-20/h2-16,21-24H,17H2,1H3/t21-,22-,23+,24-/m1/s1. The number of hydrogen-bond acceptors (Lipinski definition) is 4. The molecule has 146 valence electrons. The minimum absolute atomic E-state index is 0.00976. The summed E-state index contributed by atoms with van der Waals surface area (Å²) < 4.78 is 5.74. The molecule has 0 unspecified atom stereocenters. The number of esters is 1. The van der Waals surface area contributed by atoms with Crippen molar-refractivity contribution in [2.75, 3.05) is 13.7 Å². The van der Waals surface area contributed by atoms with Crippen LogP contribution in [0.25, 0.3) is 0 Å². The monoisotopic (exact) mass is 384 g/mol. The second kappa shape index (κ2) is 7.47. The van der Waals surface area contributed by atoms with E-state index >= 15 is 0 Å².